The summed E-state index contributed by atoms with van der Waals surface area (Å²) in [6.07, 6.45) is 0. The number of hydrogen-bond donors (Lipinski definition) is 1. The molecule has 4 nitrogen and oxygen atoms in total. The third-order valence-electron chi connectivity index (χ3n) is 3.29. The first-order valence-electron chi connectivity index (χ1n) is 6.29. The number of para-hydroxylation sites is 3. The molecule has 0 aliphatic carbocycles. The van der Waals surface area contributed by atoms with Crippen molar-refractivity contribution in [3.8, 4) is 11.4 Å². The number of aromatic nitrogens is 2. The Labute approximate surface area is 113 Å². The van der Waals surface area contributed by atoms with Gasteiger partial charge in [-0.3, -0.25) is 0 Å². The minimum atomic E-state index is -0.376. The Morgan fingerprint density at radius 3 is 2.70 bits per heavy atom. The molecule has 0 radical (unpaired) electrons. The molecule has 4 rings (SSSR count). The molecule has 0 aliphatic heterocycles. The van der Waals surface area contributed by atoms with E-state index in [1.54, 1.807) is 6.07 Å². The van der Waals surface area contributed by atoms with Crippen LogP contribution in [0.1, 0.15) is 0 Å². The average Bonchev–Trinajstić information content (AvgIpc) is 2.90. The van der Waals surface area contributed by atoms with Crippen molar-refractivity contribution in [2.75, 3.05) is 0 Å². The number of benzene rings is 2. The van der Waals surface area contributed by atoms with Crippen molar-refractivity contribution in [1.82, 2.24) is 9.97 Å². The van der Waals surface area contributed by atoms with Crippen molar-refractivity contribution in [1.29, 1.82) is 0 Å². The van der Waals surface area contributed by atoms with Crippen molar-refractivity contribution in [3.63, 3.8) is 0 Å². The molecular weight excluding hydrogens is 252 g/mol. The minimum absolute atomic E-state index is 0.376. The molecule has 4 heteroatoms. The van der Waals surface area contributed by atoms with Crippen LogP contribution in [0.15, 0.2) is 63.8 Å². The van der Waals surface area contributed by atoms with Crippen molar-refractivity contribution in [3.05, 3.63) is 65.0 Å². The molecule has 2 aromatic carbocycles. The molecule has 0 amide bonds. The normalized spacial score (nSPS) is 11.2. The fourth-order valence-electron chi connectivity index (χ4n) is 2.39. The van der Waals surface area contributed by atoms with Gasteiger partial charge in [0.1, 0.15) is 11.4 Å². The fourth-order valence-corrected chi connectivity index (χ4v) is 2.39. The molecule has 0 aliphatic rings. The van der Waals surface area contributed by atoms with Crippen LogP contribution in [0, 0.1) is 0 Å². The van der Waals surface area contributed by atoms with E-state index in [2.05, 4.69) is 9.97 Å². The number of hydrogen-bond acceptors (Lipinski definition) is 3. The van der Waals surface area contributed by atoms with Crippen LogP contribution in [-0.4, -0.2) is 9.97 Å². The first kappa shape index (κ1) is 11.0. The van der Waals surface area contributed by atoms with E-state index in [0.29, 0.717) is 11.4 Å². The topological polar surface area (TPSA) is 58.9 Å². The third kappa shape index (κ3) is 1.62. The molecule has 0 saturated carbocycles. The van der Waals surface area contributed by atoms with Gasteiger partial charge in [0.25, 0.3) is 0 Å². The number of rotatable bonds is 1. The molecule has 4 aromatic rings. The standard InChI is InChI=1S/C16H10N2O2/c19-15-9-11(10-5-1-4-8-14(10)20-15)16-17-12-6-2-3-7-13(12)18-16/h1-9H,(H,17,18). The Kier molecular flexibility index (Phi) is 2.23. The van der Waals surface area contributed by atoms with Gasteiger partial charge in [-0.05, 0) is 18.2 Å². The highest BCUT2D eigenvalue weighted by Gasteiger charge is 2.11. The largest absolute Gasteiger partial charge is 0.423 e. The SMILES string of the molecule is O=c1cc(-c2nc3ccccc3[nH]2)c2ccccc2o1. The van der Waals surface area contributed by atoms with E-state index in [0.717, 1.165) is 22.0 Å². The highest BCUT2D eigenvalue weighted by atomic mass is 16.4. The van der Waals surface area contributed by atoms with Crippen LogP contribution in [0.25, 0.3) is 33.4 Å². The van der Waals surface area contributed by atoms with Crippen LogP contribution < -0.4 is 5.63 Å². The second kappa shape index (κ2) is 4.06. The predicted octanol–water partition coefficient (Wildman–Crippen LogP) is 3.34. The van der Waals surface area contributed by atoms with Gasteiger partial charge in [0.05, 0.1) is 11.0 Å². The van der Waals surface area contributed by atoms with E-state index < -0.39 is 0 Å². The first-order valence-corrected chi connectivity index (χ1v) is 6.29. The summed E-state index contributed by atoms with van der Waals surface area (Å²) >= 11 is 0. The highest BCUT2D eigenvalue weighted by molar-refractivity contribution is 5.93. The number of fused-ring (bicyclic) bond motifs is 2. The summed E-state index contributed by atoms with van der Waals surface area (Å²) < 4.78 is 5.20. The molecule has 1 N–H and O–H groups in total. The molecule has 0 atom stereocenters. The van der Waals surface area contributed by atoms with Crippen LogP contribution in [0.3, 0.4) is 0 Å². The summed E-state index contributed by atoms with van der Waals surface area (Å²) in [4.78, 5) is 19.5. The zero-order valence-electron chi connectivity index (χ0n) is 10.5. The van der Waals surface area contributed by atoms with Crippen molar-refractivity contribution in [2.45, 2.75) is 0 Å². The summed E-state index contributed by atoms with van der Waals surface area (Å²) in [7, 11) is 0. The van der Waals surface area contributed by atoms with Crippen LogP contribution >= 0.6 is 0 Å². The lowest BCUT2D eigenvalue weighted by molar-refractivity contribution is 0.561. The second-order valence-corrected chi connectivity index (χ2v) is 4.58. The van der Waals surface area contributed by atoms with Gasteiger partial charge in [-0.1, -0.05) is 30.3 Å². The fraction of sp³-hybridized carbons (Fsp3) is 0. The number of nitrogens with one attached hydrogen (secondary N) is 1. The molecule has 0 bridgehead atoms. The molecule has 0 fully saturated rings. The minimum Gasteiger partial charge on any atom is -0.423 e. The molecular formula is C16H10N2O2. The maximum absolute atomic E-state index is 11.7. The first-order chi connectivity index (χ1) is 9.81. The summed E-state index contributed by atoms with van der Waals surface area (Å²) in [5, 5.41) is 0.867. The van der Waals surface area contributed by atoms with Gasteiger partial charge < -0.3 is 9.40 Å². The van der Waals surface area contributed by atoms with Crippen LogP contribution in [-0.2, 0) is 0 Å². The maximum Gasteiger partial charge on any atom is 0.336 e. The van der Waals surface area contributed by atoms with Gasteiger partial charge in [0, 0.05) is 17.0 Å². The van der Waals surface area contributed by atoms with E-state index in [-0.39, 0.29) is 5.63 Å². The molecule has 2 aromatic heterocycles. The predicted molar refractivity (Wildman–Crippen MR) is 77.6 cm³/mol. The second-order valence-electron chi connectivity index (χ2n) is 4.58. The Bertz CT molecular complexity index is 949. The number of aromatic amines is 1. The molecule has 0 saturated heterocycles. The van der Waals surface area contributed by atoms with E-state index in [1.165, 1.54) is 6.07 Å². The Morgan fingerprint density at radius 1 is 1.00 bits per heavy atom. The lowest BCUT2D eigenvalue weighted by Crippen LogP contribution is -1.98. The van der Waals surface area contributed by atoms with Gasteiger partial charge in [-0.2, -0.15) is 0 Å². The van der Waals surface area contributed by atoms with Crippen molar-refractivity contribution in [2.24, 2.45) is 0 Å². The zero-order chi connectivity index (χ0) is 13.5. The molecule has 2 heterocycles. The Hall–Kier alpha value is -2.88. The molecule has 0 unspecified atom stereocenters. The van der Waals surface area contributed by atoms with E-state index in [9.17, 15) is 4.79 Å². The van der Waals surface area contributed by atoms with E-state index in [1.807, 2.05) is 42.5 Å². The number of imidazole rings is 1. The highest BCUT2D eigenvalue weighted by Crippen LogP contribution is 2.26. The molecule has 20 heavy (non-hydrogen) atoms. The van der Waals surface area contributed by atoms with Crippen molar-refractivity contribution >= 4 is 22.0 Å². The smallest absolute Gasteiger partial charge is 0.336 e. The zero-order valence-corrected chi connectivity index (χ0v) is 10.5. The van der Waals surface area contributed by atoms with Gasteiger partial charge in [-0.25, -0.2) is 9.78 Å². The maximum atomic E-state index is 11.7. The van der Waals surface area contributed by atoms with Gasteiger partial charge in [0.15, 0.2) is 0 Å². The number of H-pyrrole nitrogens is 1. The van der Waals surface area contributed by atoms with Gasteiger partial charge in [-0.15, -0.1) is 0 Å². The van der Waals surface area contributed by atoms with Crippen LogP contribution in [0.2, 0.25) is 0 Å². The van der Waals surface area contributed by atoms with Crippen molar-refractivity contribution < 1.29 is 4.42 Å². The van der Waals surface area contributed by atoms with Gasteiger partial charge >= 0.3 is 5.63 Å². The van der Waals surface area contributed by atoms with Crippen LogP contribution in [0.5, 0.6) is 0 Å². The third-order valence-corrected chi connectivity index (χ3v) is 3.29. The monoisotopic (exact) mass is 262 g/mol. The summed E-state index contributed by atoms with van der Waals surface area (Å²) in [6, 6.07) is 16.7. The summed E-state index contributed by atoms with van der Waals surface area (Å²) in [6.45, 7) is 0. The summed E-state index contributed by atoms with van der Waals surface area (Å²) in [5.41, 5.74) is 2.77. The van der Waals surface area contributed by atoms with E-state index >= 15 is 0 Å². The molecule has 0 spiro atoms. The van der Waals surface area contributed by atoms with Crippen LogP contribution in [0.4, 0.5) is 0 Å². The Morgan fingerprint density at radius 2 is 1.80 bits per heavy atom. The average molecular weight is 262 g/mol. The lowest BCUT2D eigenvalue weighted by atomic mass is 10.1. The lowest BCUT2D eigenvalue weighted by Gasteiger charge is -2.01. The number of nitrogens with zero attached hydrogens (tertiary/aromatic N) is 1. The van der Waals surface area contributed by atoms with Gasteiger partial charge in [0.2, 0.25) is 0 Å². The van der Waals surface area contributed by atoms with E-state index in [4.69, 9.17) is 4.42 Å². The quantitative estimate of drug-likeness (QED) is 0.535. The Balaban J connectivity index is 2.08. The molecule has 96 valence electrons. The summed E-state index contributed by atoms with van der Waals surface area (Å²) in [5.74, 6) is 0.676.